The number of rotatable bonds is 8. The standard InChI is InChI=1S/C18H26N2O7S/c1-4-20(13-7-9-28(24,25)11-13)15(21)10-27-18(23)16(12(2)3)19-17(22)14-6-5-8-26-14/h5-6,8,12-13,16H,4,7,9-11H2,1-3H3,(H,19,22)/t13?,16-/m0/s1. The Balaban J connectivity index is 1.93. The number of carbonyl (C=O) groups is 3. The zero-order valence-electron chi connectivity index (χ0n) is 16.2. The molecule has 0 aromatic carbocycles. The highest BCUT2D eigenvalue weighted by molar-refractivity contribution is 7.91. The molecule has 0 bridgehead atoms. The number of furan rings is 1. The number of nitrogens with one attached hydrogen (secondary N) is 1. The van der Waals surface area contributed by atoms with E-state index < -0.39 is 46.3 Å². The molecule has 2 atom stereocenters. The van der Waals surface area contributed by atoms with Crippen molar-refractivity contribution in [3.05, 3.63) is 24.2 Å². The van der Waals surface area contributed by atoms with Crippen molar-refractivity contribution in [1.82, 2.24) is 10.2 Å². The van der Waals surface area contributed by atoms with E-state index in [1.54, 1.807) is 26.8 Å². The van der Waals surface area contributed by atoms with Crippen LogP contribution >= 0.6 is 0 Å². The second-order valence-electron chi connectivity index (χ2n) is 7.02. The molecule has 2 amide bonds. The number of sulfone groups is 1. The van der Waals surface area contributed by atoms with Gasteiger partial charge in [0.25, 0.3) is 11.8 Å². The van der Waals surface area contributed by atoms with Gasteiger partial charge >= 0.3 is 5.97 Å². The van der Waals surface area contributed by atoms with Crippen molar-refractivity contribution in [2.45, 2.75) is 39.3 Å². The number of carbonyl (C=O) groups excluding carboxylic acids is 3. The molecule has 0 saturated carbocycles. The Bertz CT molecular complexity index is 802. The highest BCUT2D eigenvalue weighted by atomic mass is 32.2. The van der Waals surface area contributed by atoms with E-state index in [2.05, 4.69) is 5.32 Å². The third-order valence-corrected chi connectivity index (χ3v) is 6.35. The Morgan fingerprint density at radius 1 is 1.36 bits per heavy atom. The van der Waals surface area contributed by atoms with E-state index in [1.165, 1.54) is 17.2 Å². The number of hydrogen-bond acceptors (Lipinski definition) is 7. The van der Waals surface area contributed by atoms with E-state index in [9.17, 15) is 22.8 Å². The maximum Gasteiger partial charge on any atom is 0.329 e. The molecular formula is C18H26N2O7S. The summed E-state index contributed by atoms with van der Waals surface area (Å²) in [6, 6.07) is 1.67. The van der Waals surface area contributed by atoms with Gasteiger partial charge in [-0.3, -0.25) is 9.59 Å². The predicted molar refractivity (Wildman–Crippen MR) is 100 cm³/mol. The molecule has 10 heteroatoms. The fraction of sp³-hybridized carbons (Fsp3) is 0.611. The van der Waals surface area contributed by atoms with Gasteiger partial charge in [0.1, 0.15) is 6.04 Å². The molecule has 9 nitrogen and oxygen atoms in total. The lowest BCUT2D eigenvalue weighted by Gasteiger charge is -2.27. The van der Waals surface area contributed by atoms with E-state index in [-0.39, 0.29) is 23.2 Å². The second kappa shape index (κ2) is 9.22. The van der Waals surface area contributed by atoms with Crippen LogP contribution < -0.4 is 5.32 Å². The van der Waals surface area contributed by atoms with E-state index in [1.807, 2.05) is 0 Å². The normalized spacial score (nSPS) is 19.2. The van der Waals surface area contributed by atoms with Crippen LogP contribution in [0.4, 0.5) is 0 Å². The van der Waals surface area contributed by atoms with E-state index in [4.69, 9.17) is 9.15 Å². The van der Waals surface area contributed by atoms with Gasteiger partial charge in [-0.25, -0.2) is 13.2 Å². The first kappa shape index (κ1) is 21.9. The minimum Gasteiger partial charge on any atom is -0.459 e. The summed E-state index contributed by atoms with van der Waals surface area (Å²) in [5, 5.41) is 2.54. The zero-order chi connectivity index (χ0) is 20.9. The first-order chi connectivity index (χ1) is 13.1. The van der Waals surface area contributed by atoms with Crippen LogP contribution in [-0.2, 0) is 24.2 Å². The molecule has 2 heterocycles. The Hall–Kier alpha value is -2.36. The molecular weight excluding hydrogens is 388 g/mol. The number of amides is 2. The van der Waals surface area contributed by atoms with Gasteiger partial charge in [-0.05, 0) is 31.4 Å². The van der Waals surface area contributed by atoms with E-state index in [0.717, 1.165) is 0 Å². The van der Waals surface area contributed by atoms with E-state index >= 15 is 0 Å². The van der Waals surface area contributed by atoms with Crippen molar-refractivity contribution < 1.29 is 32.0 Å². The van der Waals surface area contributed by atoms with Crippen molar-refractivity contribution in [3.8, 4) is 0 Å². The van der Waals surface area contributed by atoms with Crippen LogP contribution in [0.25, 0.3) is 0 Å². The maximum absolute atomic E-state index is 12.4. The Labute approximate surface area is 164 Å². The lowest BCUT2D eigenvalue weighted by molar-refractivity contribution is -0.155. The summed E-state index contributed by atoms with van der Waals surface area (Å²) < 4.78 is 33.4. The van der Waals surface area contributed by atoms with Crippen LogP contribution in [-0.4, -0.2) is 67.8 Å². The van der Waals surface area contributed by atoms with Crippen molar-refractivity contribution in [1.29, 1.82) is 0 Å². The fourth-order valence-corrected chi connectivity index (χ4v) is 4.81. The van der Waals surface area contributed by atoms with Gasteiger partial charge in [-0.2, -0.15) is 0 Å². The summed E-state index contributed by atoms with van der Waals surface area (Å²) >= 11 is 0. The largest absolute Gasteiger partial charge is 0.459 e. The van der Waals surface area contributed by atoms with Crippen LogP contribution in [0.5, 0.6) is 0 Å². The molecule has 156 valence electrons. The molecule has 2 rings (SSSR count). The third-order valence-electron chi connectivity index (χ3n) is 4.60. The number of likely N-dealkylation sites (N-methyl/N-ethyl adjacent to an activating group) is 1. The molecule has 0 aliphatic carbocycles. The molecule has 1 aliphatic heterocycles. The van der Waals surface area contributed by atoms with Gasteiger partial charge in [-0.1, -0.05) is 13.8 Å². The molecule has 1 fully saturated rings. The van der Waals surface area contributed by atoms with Crippen molar-refractivity contribution in [3.63, 3.8) is 0 Å². The molecule has 1 aromatic rings. The van der Waals surface area contributed by atoms with Crippen molar-refractivity contribution in [2.75, 3.05) is 24.7 Å². The highest BCUT2D eigenvalue weighted by Crippen LogP contribution is 2.18. The van der Waals surface area contributed by atoms with Gasteiger partial charge in [0.15, 0.2) is 22.2 Å². The monoisotopic (exact) mass is 414 g/mol. The quantitative estimate of drug-likeness (QED) is 0.618. The summed E-state index contributed by atoms with van der Waals surface area (Å²) in [5.74, 6) is -1.99. The van der Waals surface area contributed by atoms with Crippen LogP contribution in [0.2, 0.25) is 0 Å². The molecule has 1 aliphatic rings. The summed E-state index contributed by atoms with van der Waals surface area (Å²) in [5.41, 5.74) is 0. The van der Waals surface area contributed by atoms with Crippen LogP contribution in [0.1, 0.15) is 37.7 Å². The topological polar surface area (TPSA) is 123 Å². The summed E-state index contributed by atoms with van der Waals surface area (Å²) in [6.45, 7) is 5.02. The second-order valence-corrected chi connectivity index (χ2v) is 9.25. The Kier molecular flexibility index (Phi) is 7.22. The lowest BCUT2D eigenvalue weighted by atomic mass is 10.0. The van der Waals surface area contributed by atoms with Gasteiger partial charge in [0, 0.05) is 12.6 Å². The van der Waals surface area contributed by atoms with Crippen LogP contribution in [0.3, 0.4) is 0 Å². The average molecular weight is 414 g/mol. The van der Waals surface area contributed by atoms with Crippen molar-refractivity contribution >= 4 is 27.6 Å². The number of esters is 1. The Morgan fingerprint density at radius 2 is 2.07 bits per heavy atom. The molecule has 0 radical (unpaired) electrons. The van der Waals surface area contributed by atoms with Crippen molar-refractivity contribution in [2.24, 2.45) is 5.92 Å². The number of hydrogen-bond donors (Lipinski definition) is 1. The SMILES string of the molecule is CCN(C(=O)COC(=O)[C@@H](NC(=O)c1ccco1)C(C)C)C1CCS(=O)(=O)C1. The predicted octanol–water partition coefficient (Wildman–Crippen LogP) is 0.613. The third kappa shape index (κ3) is 5.57. The smallest absolute Gasteiger partial charge is 0.329 e. The molecule has 28 heavy (non-hydrogen) atoms. The first-order valence-corrected chi connectivity index (χ1v) is 11.0. The highest BCUT2D eigenvalue weighted by Gasteiger charge is 2.34. The molecule has 1 aromatic heterocycles. The van der Waals surface area contributed by atoms with E-state index in [0.29, 0.717) is 13.0 Å². The minimum atomic E-state index is -3.13. The number of ether oxygens (including phenoxy) is 1. The van der Waals surface area contributed by atoms with Crippen LogP contribution in [0, 0.1) is 5.92 Å². The summed E-state index contributed by atoms with van der Waals surface area (Å²) in [6.07, 6.45) is 1.72. The zero-order valence-corrected chi connectivity index (χ0v) is 17.0. The minimum absolute atomic E-state index is 0.0511. The van der Waals surface area contributed by atoms with Gasteiger partial charge in [0.2, 0.25) is 0 Å². The van der Waals surface area contributed by atoms with Gasteiger partial charge in [-0.15, -0.1) is 0 Å². The van der Waals surface area contributed by atoms with Gasteiger partial charge < -0.3 is 19.4 Å². The van der Waals surface area contributed by atoms with Gasteiger partial charge in [0.05, 0.1) is 17.8 Å². The average Bonchev–Trinajstić information content (AvgIpc) is 3.27. The summed E-state index contributed by atoms with van der Waals surface area (Å²) in [4.78, 5) is 38.4. The lowest BCUT2D eigenvalue weighted by Crippen LogP contribution is -2.47. The molecule has 0 spiro atoms. The number of nitrogens with zero attached hydrogens (tertiary/aromatic N) is 1. The first-order valence-electron chi connectivity index (χ1n) is 9.15. The maximum atomic E-state index is 12.4. The fourth-order valence-electron chi connectivity index (χ4n) is 3.08. The molecule has 1 saturated heterocycles. The molecule has 1 unspecified atom stereocenters. The summed E-state index contributed by atoms with van der Waals surface area (Å²) in [7, 11) is -3.13. The Morgan fingerprint density at radius 3 is 2.57 bits per heavy atom. The van der Waals surface area contributed by atoms with Crippen LogP contribution in [0.15, 0.2) is 22.8 Å². The molecule has 1 N–H and O–H groups in total.